The van der Waals surface area contributed by atoms with Crippen LogP contribution in [0.1, 0.15) is 22.3 Å². The van der Waals surface area contributed by atoms with E-state index in [1.165, 1.54) is 5.56 Å². The van der Waals surface area contributed by atoms with Gasteiger partial charge in [0.25, 0.3) is 5.91 Å². The van der Waals surface area contributed by atoms with E-state index in [-0.39, 0.29) is 5.91 Å². The van der Waals surface area contributed by atoms with Gasteiger partial charge in [0.2, 0.25) is 0 Å². The number of nitrogens with zero attached hydrogens (tertiary/aromatic N) is 1. The van der Waals surface area contributed by atoms with E-state index < -0.39 is 0 Å². The zero-order valence-corrected chi connectivity index (χ0v) is 13.8. The van der Waals surface area contributed by atoms with Crippen LogP contribution in [0, 0.1) is 0 Å². The molecule has 4 heteroatoms. The molecule has 4 nitrogen and oxygen atoms in total. The first-order valence-corrected chi connectivity index (χ1v) is 7.84. The summed E-state index contributed by atoms with van der Waals surface area (Å²) in [6.45, 7) is 2.54. The zero-order chi connectivity index (χ0) is 16.5. The van der Waals surface area contributed by atoms with Gasteiger partial charge in [0.1, 0.15) is 5.75 Å². The fourth-order valence-electron chi connectivity index (χ4n) is 2.37. The van der Waals surface area contributed by atoms with Crippen molar-refractivity contribution in [3.05, 3.63) is 65.7 Å². The highest BCUT2D eigenvalue weighted by Crippen LogP contribution is 2.11. The minimum Gasteiger partial charge on any atom is -0.497 e. The Morgan fingerprint density at radius 3 is 2.43 bits per heavy atom. The van der Waals surface area contributed by atoms with Crippen LogP contribution >= 0.6 is 0 Å². The summed E-state index contributed by atoms with van der Waals surface area (Å²) in [5, 5.41) is 2.95. The van der Waals surface area contributed by atoms with Crippen molar-refractivity contribution in [3.63, 3.8) is 0 Å². The Hall–Kier alpha value is -2.33. The van der Waals surface area contributed by atoms with E-state index in [0.29, 0.717) is 12.1 Å². The molecule has 0 saturated carbocycles. The van der Waals surface area contributed by atoms with E-state index in [9.17, 15) is 4.79 Å². The van der Waals surface area contributed by atoms with Crippen LogP contribution in [0.4, 0.5) is 0 Å². The quantitative estimate of drug-likeness (QED) is 0.762. The van der Waals surface area contributed by atoms with Gasteiger partial charge in [-0.2, -0.15) is 0 Å². The van der Waals surface area contributed by atoms with E-state index in [2.05, 4.69) is 41.5 Å². The summed E-state index contributed by atoms with van der Waals surface area (Å²) in [4.78, 5) is 14.3. The molecule has 1 N–H and O–H groups in total. The first-order valence-electron chi connectivity index (χ1n) is 7.84. The molecule has 0 aromatic heterocycles. The van der Waals surface area contributed by atoms with Crippen molar-refractivity contribution >= 4 is 5.91 Å². The molecule has 0 aliphatic rings. The van der Waals surface area contributed by atoms with Crippen LogP contribution < -0.4 is 10.1 Å². The Bertz CT molecular complexity index is 597. The third-order valence-corrected chi connectivity index (χ3v) is 3.65. The maximum absolute atomic E-state index is 12.0. The summed E-state index contributed by atoms with van der Waals surface area (Å²) in [7, 11) is 3.71. The molecule has 1 amide bonds. The standard InChI is InChI=1S/C19H24N2O2/c1-21(15-16-7-4-3-5-8-16)14-6-13-20-19(22)17-9-11-18(23-2)12-10-17/h3-5,7-12H,6,13-15H2,1-2H3,(H,20,22). The van der Waals surface area contributed by atoms with Gasteiger partial charge < -0.3 is 15.0 Å². The van der Waals surface area contributed by atoms with Crippen LogP contribution in [0.3, 0.4) is 0 Å². The van der Waals surface area contributed by atoms with Gasteiger partial charge in [0.05, 0.1) is 7.11 Å². The molecule has 23 heavy (non-hydrogen) atoms. The molecule has 0 aliphatic carbocycles. The van der Waals surface area contributed by atoms with Crippen LogP contribution in [0.15, 0.2) is 54.6 Å². The minimum absolute atomic E-state index is 0.0432. The summed E-state index contributed by atoms with van der Waals surface area (Å²) in [5.41, 5.74) is 1.96. The van der Waals surface area contributed by atoms with Gasteiger partial charge in [-0.15, -0.1) is 0 Å². The second kappa shape index (κ2) is 8.96. The highest BCUT2D eigenvalue weighted by Gasteiger charge is 2.05. The highest BCUT2D eigenvalue weighted by molar-refractivity contribution is 5.94. The van der Waals surface area contributed by atoms with Crippen molar-refractivity contribution in [3.8, 4) is 5.75 Å². The lowest BCUT2D eigenvalue weighted by molar-refractivity contribution is 0.0952. The van der Waals surface area contributed by atoms with E-state index in [1.807, 2.05) is 6.07 Å². The van der Waals surface area contributed by atoms with Crippen molar-refractivity contribution in [2.45, 2.75) is 13.0 Å². The van der Waals surface area contributed by atoms with Crippen molar-refractivity contribution in [2.24, 2.45) is 0 Å². The van der Waals surface area contributed by atoms with Gasteiger partial charge in [-0.25, -0.2) is 0 Å². The summed E-state index contributed by atoms with van der Waals surface area (Å²) in [6.07, 6.45) is 0.922. The number of benzene rings is 2. The number of hydrogen-bond donors (Lipinski definition) is 1. The number of amides is 1. The molecular weight excluding hydrogens is 288 g/mol. The van der Waals surface area contributed by atoms with Crippen molar-refractivity contribution < 1.29 is 9.53 Å². The second-order valence-corrected chi connectivity index (χ2v) is 5.56. The molecular formula is C19H24N2O2. The van der Waals surface area contributed by atoms with Crippen LogP contribution in [0.2, 0.25) is 0 Å². The van der Waals surface area contributed by atoms with Crippen LogP contribution in [-0.2, 0) is 6.54 Å². The predicted molar refractivity (Wildman–Crippen MR) is 92.7 cm³/mol. The normalized spacial score (nSPS) is 10.6. The molecule has 2 rings (SSSR count). The maximum Gasteiger partial charge on any atom is 0.251 e. The lowest BCUT2D eigenvalue weighted by Gasteiger charge is -2.16. The molecule has 0 spiro atoms. The largest absolute Gasteiger partial charge is 0.497 e. The van der Waals surface area contributed by atoms with E-state index >= 15 is 0 Å². The fourth-order valence-corrected chi connectivity index (χ4v) is 2.37. The molecule has 0 radical (unpaired) electrons. The van der Waals surface area contributed by atoms with Gasteiger partial charge in [0.15, 0.2) is 0 Å². The Labute approximate surface area is 138 Å². The smallest absolute Gasteiger partial charge is 0.251 e. The maximum atomic E-state index is 12.0. The second-order valence-electron chi connectivity index (χ2n) is 5.56. The monoisotopic (exact) mass is 312 g/mol. The summed E-state index contributed by atoms with van der Waals surface area (Å²) >= 11 is 0. The lowest BCUT2D eigenvalue weighted by atomic mass is 10.2. The van der Waals surface area contributed by atoms with Crippen LogP contribution in [0.5, 0.6) is 5.75 Å². The highest BCUT2D eigenvalue weighted by atomic mass is 16.5. The van der Waals surface area contributed by atoms with Gasteiger partial charge in [-0.1, -0.05) is 30.3 Å². The number of hydrogen-bond acceptors (Lipinski definition) is 3. The zero-order valence-electron chi connectivity index (χ0n) is 13.8. The van der Waals surface area contributed by atoms with Crippen molar-refractivity contribution in [2.75, 3.05) is 27.2 Å². The van der Waals surface area contributed by atoms with Gasteiger partial charge in [-0.3, -0.25) is 4.79 Å². The van der Waals surface area contributed by atoms with E-state index in [1.54, 1.807) is 31.4 Å². The molecule has 0 saturated heterocycles. The average molecular weight is 312 g/mol. The number of rotatable bonds is 8. The van der Waals surface area contributed by atoms with E-state index in [4.69, 9.17) is 4.74 Å². The topological polar surface area (TPSA) is 41.6 Å². The number of carbonyl (C=O) groups excluding carboxylic acids is 1. The summed E-state index contributed by atoms with van der Waals surface area (Å²) in [6, 6.07) is 17.5. The average Bonchev–Trinajstić information content (AvgIpc) is 2.59. The minimum atomic E-state index is -0.0432. The number of nitrogens with one attached hydrogen (secondary N) is 1. The number of carbonyl (C=O) groups is 1. The molecule has 122 valence electrons. The molecule has 0 bridgehead atoms. The Kier molecular flexibility index (Phi) is 6.63. The van der Waals surface area contributed by atoms with Crippen molar-refractivity contribution in [1.29, 1.82) is 0 Å². The first kappa shape index (κ1) is 17.0. The third kappa shape index (κ3) is 5.75. The molecule has 2 aromatic carbocycles. The first-order chi connectivity index (χ1) is 11.2. The summed E-state index contributed by atoms with van der Waals surface area (Å²) < 4.78 is 5.09. The van der Waals surface area contributed by atoms with Gasteiger partial charge >= 0.3 is 0 Å². The molecule has 0 aliphatic heterocycles. The SMILES string of the molecule is COc1ccc(C(=O)NCCCN(C)Cc2ccccc2)cc1. The fraction of sp³-hybridized carbons (Fsp3) is 0.316. The Morgan fingerprint density at radius 1 is 1.09 bits per heavy atom. The van der Waals surface area contributed by atoms with Gasteiger partial charge in [-0.05, 0) is 49.8 Å². The summed E-state index contributed by atoms with van der Waals surface area (Å²) in [5.74, 6) is 0.711. The van der Waals surface area contributed by atoms with Gasteiger partial charge in [0, 0.05) is 18.7 Å². The lowest BCUT2D eigenvalue weighted by Crippen LogP contribution is -2.28. The van der Waals surface area contributed by atoms with E-state index in [0.717, 1.165) is 25.3 Å². The predicted octanol–water partition coefficient (Wildman–Crippen LogP) is 2.95. The van der Waals surface area contributed by atoms with Crippen LogP contribution in [0.25, 0.3) is 0 Å². The van der Waals surface area contributed by atoms with Crippen LogP contribution in [-0.4, -0.2) is 38.1 Å². The molecule has 0 atom stereocenters. The Morgan fingerprint density at radius 2 is 1.78 bits per heavy atom. The third-order valence-electron chi connectivity index (χ3n) is 3.65. The Balaban J connectivity index is 1.67. The molecule has 0 unspecified atom stereocenters. The van der Waals surface area contributed by atoms with Crippen molar-refractivity contribution in [1.82, 2.24) is 10.2 Å². The number of methoxy groups -OCH3 is 1. The molecule has 0 heterocycles. The molecule has 2 aromatic rings. The number of ether oxygens (including phenoxy) is 1. The molecule has 0 fully saturated rings.